The average molecular weight is 689 g/mol. The van der Waals surface area contributed by atoms with Crippen LogP contribution in [-0.2, 0) is 16.2 Å². The van der Waals surface area contributed by atoms with Crippen LogP contribution in [0.15, 0.2) is 126 Å². The zero-order chi connectivity index (χ0) is 36.4. The Balaban J connectivity index is 1.46. The fraction of sp³-hybridized carbons (Fsp3) is 0.321. The number of rotatable bonds is 6. The summed E-state index contributed by atoms with van der Waals surface area (Å²) < 4.78 is 0. The third kappa shape index (κ3) is 4.13. The molecule has 0 nitrogen and oxygen atoms in total. The summed E-state index contributed by atoms with van der Waals surface area (Å²) in [5, 5.41) is 5.60. The Morgan fingerprint density at radius 3 is 1.89 bits per heavy atom. The third-order valence-electron chi connectivity index (χ3n) is 14.2. The summed E-state index contributed by atoms with van der Waals surface area (Å²) in [6, 6.07) is 41.0. The van der Waals surface area contributed by atoms with E-state index in [2.05, 4.69) is 164 Å². The van der Waals surface area contributed by atoms with E-state index in [9.17, 15) is 0 Å². The Labute approximate surface area is 316 Å². The molecule has 2 spiro atoms. The standard InChI is InChI=1S/C53H52/c1-8-32(9-2)36-26-37(33(10-3)11-4)31-52(30-36)44-25-24-35-27-38(51(5,6)7)29-46-47(35)48(44)49-45(52)28-34-18-12-13-19-39(34)50(49)53(46)42-22-16-14-20-40(42)41-21-15-17-23-43(41)53/h12-30,32-33H,8-11,31H2,1-7H3. The van der Waals surface area contributed by atoms with Crippen molar-refractivity contribution in [3.05, 3.63) is 165 Å². The molecule has 0 bridgehead atoms. The molecule has 0 fully saturated rings. The zero-order valence-electron chi connectivity index (χ0n) is 32.7. The van der Waals surface area contributed by atoms with Crippen LogP contribution in [0.5, 0.6) is 0 Å². The number of fused-ring (bicyclic) bond motifs is 11. The van der Waals surface area contributed by atoms with Gasteiger partial charge in [0.2, 0.25) is 0 Å². The maximum absolute atomic E-state index is 2.78. The molecule has 0 saturated heterocycles. The second-order valence-corrected chi connectivity index (χ2v) is 17.6. The third-order valence-corrected chi connectivity index (χ3v) is 14.2. The summed E-state index contributed by atoms with van der Waals surface area (Å²) in [5.41, 5.74) is 18.6. The molecule has 6 aromatic carbocycles. The molecule has 0 heterocycles. The Morgan fingerprint density at radius 2 is 1.23 bits per heavy atom. The molecular formula is C53H52. The number of hydrogen-bond donors (Lipinski definition) is 0. The van der Waals surface area contributed by atoms with Gasteiger partial charge in [0.15, 0.2) is 0 Å². The molecule has 4 aliphatic carbocycles. The van der Waals surface area contributed by atoms with Crippen LogP contribution < -0.4 is 0 Å². The van der Waals surface area contributed by atoms with Crippen molar-refractivity contribution in [2.75, 3.05) is 0 Å². The second kappa shape index (κ2) is 11.4. The van der Waals surface area contributed by atoms with Gasteiger partial charge in [-0.3, -0.25) is 0 Å². The SMILES string of the molecule is CCC(CC)C1=CC2(CC(C(CC)CC)=C1)c1cc3ccccc3c3c1-c1c2ccc2cc(C(C)(C)C)cc(c12)C31c2ccccc2-c2ccccc21. The summed E-state index contributed by atoms with van der Waals surface area (Å²) in [7, 11) is 0. The minimum atomic E-state index is -0.445. The predicted molar refractivity (Wildman–Crippen MR) is 226 cm³/mol. The molecule has 0 aromatic heterocycles. The molecule has 1 unspecified atom stereocenters. The van der Waals surface area contributed by atoms with Crippen molar-refractivity contribution in [1.82, 2.24) is 0 Å². The highest BCUT2D eigenvalue weighted by atomic mass is 14.6. The van der Waals surface area contributed by atoms with Gasteiger partial charge >= 0.3 is 0 Å². The van der Waals surface area contributed by atoms with E-state index in [4.69, 9.17) is 0 Å². The fourth-order valence-electron chi connectivity index (χ4n) is 11.6. The zero-order valence-corrected chi connectivity index (χ0v) is 32.7. The van der Waals surface area contributed by atoms with Crippen LogP contribution in [0, 0.1) is 11.8 Å². The van der Waals surface area contributed by atoms with E-state index in [1.807, 2.05) is 0 Å². The highest BCUT2D eigenvalue weighted by molar-refractivity contribution is 6.15. The fourth-order valence-corrected chi connectivity index (χ4v) is 11.6. The lowest BCUT2D eigenvalue weighted by atomic mass is 9.59. The van der Waals surface area contributed by atoms with E-state index < -0.39 is 5.41 Å². The summed E-state index contributed by atoms with van der Waals surface area (Å²) in [5.74, 6) is 1.15. The van der Waals surface area contributed by atoms with Gasteiger partial charge in [0.05, 0.1) is 5.41 Å². The van der Waals surface area contributed by atoms with Gasteiger partial charge in [0, 0.05) is 5.41 Å². The minimum absolute atomic E-state index is 0.000704. The normalized spacial score (nSPS) is 18.7. The smallest absolute Gasteiger partial charge is 0.0657 e. The quantitative estimate of drug-likeness (QED) is 0.163. The maximum Gasteiger partial charge on any atom is 0.0731 e. The Bertz CT molecular complexity index is 2530. The molecule has 264 valence electrons. The molecule has 0 N–H and O–H groups in total. The van der Waals surface area contributed by atoms with Crippen molar-refractivity contribution >= 4 is 21.5 Å². The van der Waals surface area contributed by atoms with Gasteiger partial charge in [0.1, 0.15) is 0 Å². The first-order chi connectivity index (χ1) is 25.7. The molecule has 0 aliphatic heterocycles. The lowest BCUT2D eigenvalue weighted by Crippen LogP contribution is -2.33. The highest BCUT2D eigenvalue weighted by Gasteiger charge is 2.56. The van der Waals surface area contributed by atoms with E-state index >= 15 is 0 Å². The number of allylic oxidation sites excluding steroid dienone is 4. The van der Waals surface area contributed by atoms with E-state index in [0.29, 0.717) is 11.8 Å². The van der Waals surface area contributed by atoms with Crippen LogP contribution in [0.4, 0.5) is 0 Å². The van der Waals surface area contributed by atoms with Crippen molar-refractivity contribution in [3.8, 4) is 22.3 Å². The molecule has 6 aromatic rings. The summed E-state index contributed by atoms with van der Waals surface area (Å²) in [6.45, 7) is 16.7. The largest absolute Gasteiger partial charge is 0.0731 e. The number of hydrogen-bond acceptors (Lipinski definition) is 0. The highest BCUT2D eigenvalue weighted by Crippen LogP contribution is 2.69. The summed E-state index contributed by atoms with van der Waals surface area (Å²) in [4.78, 5) is 0. The van der Waals surface area contributed by atoms with Gasteiger partial charge in [-0.2, -0.15) is 0 Å². The van der Waals surface area contributed by atoms with Crippen LogP contribution in [0.25, 0.3) is 43.8 Å². The first-order valence-corrected chi connectivity index (χ1v) is 20.5. The first kappa shape index (κ1) is 32.9. The molecule has 53 heavy (non-hydrogen) atoms. The van der Waals surface area contributed by atoms with Crippen molar-refractivity contribution in [2.45, 2.75) is 96.8 Å². The molecule has 0 heteroatoms. The lowest BCUT2D eigenvalue weighted by molar-refractivity contribution is 0.490. The van der Waals surface area contributed by atoms with Gasteiger partial charge in [0.25, 0.3) is 0 Å². The van der Waals surface area contributed by atoms with Crippen molar-refractivity contribution in [3.63, 3.8) is 0 Å². The van der Waals surface area contributed by atoms with Gasteiger partial charge in [-0.15, -0.1) is 0 Å². The lowest BCUT2D eigenvalue weighted by Gasteiger charge is -2.41. The van der Waals surface area contributed by atoms with Crippen LogP contribution in [0.1, 0.15) is 120 Å². The Morgan fingerprint density at radius 1 is 0.585 bits per heavy atom. The summed E-state index contributed by atoms with van der Waals surface area (Å²) >= 11 is 0. The monoisotopic (exact) mass is 688 g/mol. The van der Waals surface area contributed by atoms with Crippen molar-refractivity contribution in [2.24, 2.45) is 11.8 Å². The number of benzene rings is 6. The molecular weight excluding hydrogens is 637 g/mol. The van der Waals surface area contributed by atoms with E-state index in [1.165, 1.54) is 108 Å². The van der Waals surface area contributed by atoms with Crippen LogP contribution >= 0.6 is 0 Å². The molecule has 0 amide bonds. The molecule has 10 rings (SSSR count). The van der Waals surface area contributed by atoms with Crippen molar-refractivity contribution < 1.29 is 0 Å². The van der Waals surface area contributed by atoms with Crippen LogP contribution in [0.2, 0.25) is 0 Å². The molecule has 4 aliphatic rings. The first-order valence-electron chi connectivity index (χ1n) is 20.5. The van der Waals surface area contributed by atoms with Gasteiger partial charge < -0.3 is 0 Å². The van der Waals surface area contributed by atoms with Gasteiger partial charge in [-0.25, -0.2) is 0 Å². The van der Waals surface area contributed by atoms with Crippen LogP contribution in [0.3, 0.4) is 0 Å². The molecule has 1 atom stereocenters. The Hall–Kier alpha value is -4.68. The van der Waals surface area contributed by atoms with Crippen LogP contribution in [-0.4, -0.2) is 0 Å². The molecule has 0 radical (unpaired) electrons. The summed E-state index contributed by atoms with van der Waals surface area (Å²) in [6.07, 6.45) is 11.2. The molecule has 0 saturated carbocycles. The van der Waals surface area contributed by atoms with Gasteiger partial charge in [-0.05, 0) is 144 Å². The topological polar surface area (TPSA) is 0 Å². The predicted octanol–water partition coefficient (Wildman–Crippen LogP) is 14.4. The minimum Gasteiger partial charge on any atom is -0.0657 e. The average Bonchev–Trinajstić information content (AvgIpc) is 3.61. The van der Waals surface area contributed by atoms with E-state index in [0.717, 1.165) is 6.42 Å². The van der Waals surface area contributed by atoms with Gasteiger partial charge in [-0.1, -0.05) is 163 Å². The van der Waals surface area contributed by atoms with E-state index in [-0.39, 0.29) is 10.8 Å². The Kier molecular flexibility index (Phi) is 7.09. The maximum atomic E-state index is 2.78. The van der Waals surface area contributed by atoms with Crippen molar-refractivity contribution in [1.29, 1.82) is 0 Å². The second-order valence-electron chi connectivity index (χ2n) is 17.6. The van der Waals surface area contributed by atoms with E-state index in [1.54, 1.807) is 11.1 Å².